The fraction of sp³-hybridized carbons (Fsp3) is 0.625. The fourth-order valence-electron chi connectivity index (χ4n) is 2.33. The van der Waals surface area contributed by atoms with Crippen LogP contribution in [-0.2, 0) is 6.54 Å². The van der Waals surface area contributed by atoms with E-state index in [1.165, 1.54) is 36.6 Å². The summed E-state index contributed by atoms with van der Waals surface area (Å²) in [7, 11) is 0. The summed E-state index contributed by atoms with van der Waals surface area (Å²) in [4.78, 5) is 2.52. The molecule has 0 aliphatic carbocycles. The molecule has 1 fully saturated rings. The van der Waals surface area contributed by atoms with Gasteiger partial charge in [0.05, 0.1) is 0 Å². The van der Waals surface area contributed by atoms with Gasteiger partial charge in [-0.1, -0.05) is 19.1 Å². The Morgan fingerprint density at radius 3 is 3.15 bits per heavy atom. The Balaban J connectivity index is 1.72. The smallest absolute Gasteiger partial charge is 0.119 e. The lowest BCUT2D eigenvalue weighted by molar-refractivity contribution is 0.219. The second-order valence-corrected chi connectivity index (χ2v) is 6.31. The highest BCUT2D eigenvalue weighted by atomic mass is 32.2. The van der Waals surface area contributed by atoms with Gasteiger partial charge in [0.25, 0.3) is 0 Å². The van der Waals surface area contributed by atoms with E-state index >= 15 is 0 Å². The van der Waals surface area contributed by atoms with Crippen LogP contribution in [0.1, 0.15) is 18.9 Å². The Bertz CT molecular complexity index is 378. The Kier molecular flexibility index (Phi) is 7.26. The lowest BCUT2D eigenvalue weighted by Crippen LogP contribution is -2.30. The maximum Gasteiger partial charge on any atom is 0.119 e. The van der Waals surface area contributed by atoms with Crippen molar-refractivity contribution in [2.45, 2.75) is 19.9 Å². The molecule has 20 heavy (non-hydrogen) atoms. The average Bonchev–Trinajstić information content (AvgIpc) is 2.74. The highest BCUT2D eigenvalue weighted by molar-refractivity contribution is 7.99. The largest absolute Gasteiger partial charge is 0.492 e. The number of thioether (sulfide) groups is 1. The van der Waals surface area contributed by atoms with Crippen LogP contribution < -0.4 is 10.1 Å². The number of nitrogens with zero attached hydrogens (tertiary/aromatic N) is 1. The van der Waals surface area contributed by atoms with Gasteiger partial charge in [0.1, 0.15) is 12.4 Å². The molecule has 0 saturated carbocycles. The molecule has 1 aromatic rings. The first kappa shape index (κ1) is 15.7. The standard InChI is InChI=1S/C16H26N2OS/c1-2-17-14-15-5-3-6-16(13-15)19-10-8-18-7-4-11-20-12-9-18/h3,5-6,13,17H,2,4,7-12,14H2,1H3. The second kappa shape index (κ2) is 9.27. The van der Waals surface area contributed by atoms with Gasteiger partial charge in [0.15, 0.2) is 0 Å². The van der Waals surface area contributed by atoms with Crippen molar-refractivity contribution in [1.29, 1.82) is 0 Å². The summed E-state index contributed by atoms with van der Waals surface area (Å²) in [6, 6.07) is 8.40. The third-order valence-electron chi connectivity index (χ3n) is 3.47. The Morgan fingerprint density at radius 1 is 1.30 bits per heavy atom. The van der Waals surface area contributed by atoms with Crippen LogP contribution in [0.4, 0.5) is 0 Å². The van der Waals surface area contributed by atoms with Gasteiger partial charge in [-0.05, 0) is 43.0 Å². The first-order chi connectivity index (χ1) is 9.88. The minimum absolute atomic E-state index is 0.787. The zero-order chi connectivity index (χ0) is 14.0. The molecule has 3 nitrogen and oxygen atoms in total. The van der Waals surface area contributed by atoms with Gasteiger partial charge in [0.2, 0.25) is 0 Å². The first-order valence-electron chi connectivity index (χ1n) is 7.61. The van der Waals surface area contributed by atoms with Gasteiger partial charge >= 0.3 is 0 Å². The van der Waals surface area contributed by atoms with E-state index in [0.29, 0.717) is 0 Å². The molecule has 0 spiro atoms. The van der Waals surface area contributed by atoms with Crippen molar-refractivity contribution in [2.75, 3.05) is 44.3 Å². The van der Waals surface area contributed by atoms with E-state index in [4.69, 9.17) is 4.74 Å². The van der Waals surface area contributed by atoms with E-state index in [1.807, 2.05) is 6.07 Å². The Labute approximate surface area is 127 Å². The van der Waals surface area contributed by atoms with Gasteiger partial charge in [0, 0.05) is 25.4 Å². The minimum Gasteiger partial charge on any atom is -0.492 e. The fourth-order valence-corrected chi connectivity index (χ4v) is 3.25. The Hall–Kier alpha value is -0.710. The number of nitrogens with one attached hydrogen (secondary N) is 1. The topological polar surface area (TPSA) is 24.5 Å². The van der Waals surface area contributed by atoms with E-state index in [-0.39, 0.29) is 0 Å². The number of hydrogen-bond acceptors (Lipinski definition) is 4. The van der Waals surface area contributed by atoms with E-state index in [0.717, 1.165) is 32.0 Å². The van der Waals surface area contributed by atoms with Crippen LogP contribution in [0.2, 0.25) is 0 Å². The average molecular weight is 294 g/mol. The second-order valence-electron chi connectivity index (χ2n) is 5.08. The van der Waals surface area contributed by atoms with E-state index in [2.05, 4.69) is 47.1 Å². The molecular formula is C16H26N2OS. The maximum absolute atomic E-state index is 5.89. The highest BCUT2D eigenvalue weighted by Crippen LogP contribution is 2.14. The quantitative estimate of drug-likeness (QED) is 0.835. The summed E-state index contributed by atoms with van der Waals surface area (Å²) in [6.07, 6.45) is 1.31. The molecule has 1 aromatic carbocycles. The third-order valence-corrected chi connectivity index (χ3v) is 4.52. The molecule has 0 unspecified atom stereocenters. The SMILES string of the molecule is CCNCc1cccc(OCCN2CCCSCC2)c1. The zero-order valence-corrected chi connectivity index (χ0v) is 13.3. The molecule has 2 rings (SSSR count). The van der Waals surface area contributed by atoms with Gasteiger partial charge in [-0.2, -0.15) is 11.8 Å². The number of ether oxygens (including phenoxy) is 1. The van der Waals surface area contributed by atoms with Crippen LogP contribution in [0, 0.1) is 0 Å². The lowest BCUT2D eigenvalue weighted by atomic mass is 10.2. The van der Waals surface area contributed by atoms with Crippen LogP contribution >= 0.6 is 11.8 Å². The number of benzene rings is 1. The number of rotatable bonds is 7. The molecule has 0 atom stereocenters. The summed E-state index contributed by atoms with van der Waals surface area (Å²) in [5, 5.41) is 3.34. The number of hydrogen-bond donors (Lipinski definition) is 1. The molecular weight excluding hydrogens is 268 g/mol. The van der Waals surface area contributed by atoms with Crippen molar-refractivity contribution in [1.82, 2.24) is 10.2 Å². The maximum atomic E-state index is 5.89. The van der Waals surface area contributed by atoms with Crippen LogP contribution in [0.5, 0.6) is 5.75 Å². The summed E-state index contributed by atoms with van der Waals surface area (Å²) >= 11 is 2.07. The van der Waals surface area contributed by atoms with Crippen LogP contribution in [0.15, 0.2) is 24.3 Å². The van der Waals surface area contributed by atoms with Crippen molar-refractivity contribution in [2.24, 2.45) is 0 Å². The monoisotopic (exact) mass is 294 g/mol. The van der Waals surface area contributed by atoms with E-state index in [9.17, 15) is 0 Å². The molecule has 0 radical (unpaired) electrons. The van der Waals surface area contributed by atoms with E-state index in [1.54, 1.807) is 0 Å². The first-order valence-corrected chi connectivity index (χ1v) is 8.76. The summed E-state index contributed by atoms with van der Waals surface area (Å²) in [5.41, 5.74) is 1.29. The third kappa shape index (κ3) is 5.73. The van der Waals surface area contributed by atoms with Gasteiger partial charge in [-0.3, -0.25) is 4.90 Å². The molecule has 0 aromatic heterocycles. The lowest BCUT2D eigenvalue weighted by Gasteiger charge is -2.19. The Morgan fingerprint density at radius 2 is 2.25 bits per heavy atom. The molecule has 1 N–H and O–H groups in total. The van der Waals surface area contributed by atoms with Crippen LogP contribution in [-0.4, -0.2) is 49.2 Å². The summed E-state index contributed by atoms with van der Waals surface area (Å²) < 4.78 is 5.89. The predicted octanol–water partition coefficient (Wildman–Crippen LogP) is 2.61. The molecule has 0 amide bonds. The van der Waals surface area contributed by atoms with E-state index < -0.39 is 0 Å². The van der Waals surface area contributed by atoms with Crippen molar-refractivity contribution >= 4 is 11.8 Å². The molecule has 1 aliphatic rings. The van der Waals surface area contributed by atoms with Crippen molar-refractivity contribution < 1.29 is 4.74 Å². The molecule has 112 valence electrons. The molecule has 1 saturated heterocycles. The van der Waals surface area contributed by atoms with Crippen molar-refractivity contribution in [3.63, 3.8) is 0 Å². The molecule has 0 bridgehead atoms. The van der Waals surface area contributed by atoms with Crippen molar-refractivity contribution in [3.05, 3.63) is 29.8 Å². The normalized spacial score (nSPS) is 16.9. The minimum atomic E-state index is 0.787. The van der Waals surface area contributed by atoms with Gasteiger partial charge < -0.3 is 10.1 Å². The molecule has 1 aliphatic heterocycles. The predicted molar refractivity (Wildman–Crippen MR) is 87.7 cm³/mol. The van der Waals surface area contributed by atoms with Crippen LogP contribution in [0.3, 0.4) is 0 Å². The summed E-state index contributed by atoms with van der Waals surface area (Å²) in [6.45, 7) is 8.29. The summed E-state index contributed by atoms with van der Waals surface area (Å²) in [5.74, 6) is 3.56. The van der Waals surface area contributed by atoms with Gasteiger partial charge in [-0.15, -0.1) is 0 Å². The zero-order valence-electron chi connectivity index (χ0n) is 12.4. The molecule has 1 heterocycles. The van der Waals surface area contributed by atoms with Gasteiger partial charge in [-0.25, -0.2) is 0 Å². The van der Waals surface area contributed by atoms with Crippen LogP contribution in [0.25, 0.3) is 0 Å². The van der Waals surface area contributed by atoms with Crippen molar-refractivity contribution in [3.8, 4) is 5.75 Å². The molecule has 4 heteroatoms. The highest BCUT2D eigenvalue weighted by Gasteiger charge is 2.08.